The van der Waals surface area contributed by atoms with Crippen LogP contribution in [0.5, 0.6) is 0 Å². The van der Waals surface area contributed by atoms with Crippen LogP contribution in [0.15, 0.2) is 24.3 Å². The quantitative estimate of drug-likeness (QED) is 0.616. The van der Waals surface area contributed by atoms with E-state index >= 15 is 0 Å². The van der Waals surface area contributed by atoms with Gasteiger partial charge in [-0.1, -0.05) is 24.3 Å². The van der Waals surface area contributed by atoms with Crippen LogP contribution in [0.3, 0.4) is 0 Å². The summed E-state index contributed by atoms with van der Waals surface area (Å²) in [5.41, 5.74) is 0. The summed E-state index contributed by atoms with van der Waals surface area (Å²) in [5, 5.41) is 0. The molecule has 1 rings (SSSR count). The summed E-state index contributed by atoms with van der Waals surface area (Å²) in [6.45, 7) is 0. The van der Waals surface area contributed by atoms with Crippen LogP contribution in [-0.2, 0) is 19.8 Å². The van der Waals surface area contributed by atoms with E-state index in [0.29, 0.717) is 0 Å². The van der Waals surface area contributed by atoms with Crippen molar-refractivity contribution in [2.75, 3.05) is 0 Å². The average molecular weight is 256 g/mol. The van der Waals surface area contributed by atoms with Crippen molar-refractivity contribution in [1.29, 1.82) is 0 Å². The number of hydrogen-bond acceptors (Lipinski definition) is 0. The molecule has 0 fully saturated rings. The second kappa shape index (κ2) is 3.31. The molecule has 0 amide bonds. The zero-order valence-electron chi connectivity index (χ0n) is 3.37. The van der Waals surface area contributed by atoms with E-state index in [1.54, 1.807) is 0 Å². The minimum Gasteiger partial charge on any atom is -0.0808 e. The summed E-state index contributed by atoms with van der Waals surface area (Å²) in [6.07, 6.45) is 9.50. The predicted octanol–water partition coefficient (Wildman–Crippen LogP) is 1.50. The summed E-state index contributed by atoms with van der Waals surface area (Å²) in [4.78, 5) is 0. The molecule has 0 aromatic rings. The Morgan fingerprint density at radius 1 is 1.00 bits per heavy atom. The van der Waals surface area contributed by atoms with Crippen LogP contribution >= 0.6 is 0 Å². The molecule has 0 aliphatic heterocycles. The van der Waals surface area contributed by atoms with Gasteiger partial charge in [-0.2, -0.15) is 0 Å². The fourth-order valence-corrected chi connectivity index (χ4v) is 0.393. The van der Waals surface area contributed by atoms with Crippen molar-refractivity contribution < 1.29 is 19.8 Å². The van der Waals surface area contributed by atoms with Gasteiger partial charge in [-0.15, -0.1) is 0 Å². The maximum Gasteiger partial charge on any atom is 0 e. The maximum atomic E-state index is 2.12. The zero-order chi connectivity index (χ0) is 3.54. The molecule has 0 saturated heterocycles. The van der Waals surface area contributed by atoms with E-state index < -0.39 is 0 Å². The molecule has 0 saturated carbocycles. The third-order valence-corrected chi connectivity index (χ3v) is 0.655. The Kier molecular flexibility index (Phi) is 3.38. The van der Waals surface area contributed by atoms with Crippen LogP contribution in [0.25, 0.3) is 0 Å². The smallest absolute Gasteiger partial charge is 0 e. The molecule has 0 N–H and O–H groups in total. The molecule has 0 aromatic carbocycles. The first kappa shape index (κ1) is 6.12. The number of rotatable bonds is 0. The van der Waals surface area contributed by atoms with Crippen molar-refractivity contribution >= 4 is 0 Å². The minimum atomic E-state index is 0. The van der Waals surface area contributed by atoms with Gasteiger partial charge in [0.1, 0.15) is 0 Å². The summed E-state index contributed by atoms with van der Waals surface area (Å²) in [5.74, 6) is 0. The van der Waals surface area contributed by atoms with Gasteiger partial charge in [0.05, 0.1) is 0 Å². The van der Waals surface area contributed by atoms with Gasteiger partial charge in [0, 0.05) is 19.8 Å². The van der Waals surface area contributed by atoms with Crippen molar-refractivity contribution in [3.05, 3.63) is 24.3 Å². The van der Waals surface area contributed by atoms with E-state index in [2.05, 4.69) is 24.3 Å². The van der Waals surface area contributed by atoms with E-state index in [-0.39, 0.29) is 19.8 Å². The van der Waals surface area contributed by atoms with Crippen LogP contribution in [0.2, 0.25) is 0 Å². The van der Waals surface area contributed by atoms with Crippen molar-refractivity contribution in [2.45, 2.75) is 6.42 Å². The summed E-state index contributed by atoms with van der Waals surface area (Å²) >= 11 is 0. The van der Waals surface area contributed by atoms with Gasteiger partial charge in [-0.3, -0.25) is 0 Å². The largest absolute Gasteiger partial charge is 0.0808 e. The van der Waals surface area contributed by atoms with Crippen LogP contribution in [0.1, 0.15) is 6.42 Å². The number of allylic oxidation sites excluding steroid dienone is 4. The van der Waals surface area contributed by atoms with E-state index in [9.17, 15) is 0 Å². The second-order valence-electron chi connectivity index (χ2n) is 1.09. The Morgan fingerprint density at radius 2 is 1.50 bits per heavy atom. The van der Waals surface area contributed by atoms with Crippen molar-refractivity contribution in [1.82, 2.24) is 0 Å². The Hall–Kier alpha value is 0.116. The predicted molar refractivity (Wildman–Crippen MR) is 22.9 cm³/mol. The van der Waals surface area contributed by atoms with Crippen molar-refractivity contribution in [2.24, 2.45) is 0 Å². The third kappa shape index (κ3) is 1.53. The van der Waals surface area contributed by atoms with Gasteiger partial charge in [-0.05, 0) is 6.42 Å². The van der Waals surface area contributed by atoms with Gasteiger partial charge in [-0.25, -0.2) is 0 Å². The first-order valence-electron chi connectivity index (χ1n) is 1.82. The summed E-state index contributed by atoms with van der Waals surface area (Å²) in [6, 6.07) is 0. The first-order chi connectivity index (χ1) is 2.50. The van der Waals surface area contributed by atoms with Gasteiger partial charge in [0.2, 0.25) is 0 Å². The molecule has 1 heteroatoms. The van der Waals surface area contributed by atoms with E-state index in [0.717, 1.165) is 6.42 Å². The second-order valence-corrected chi connectivity index (χ2v) is 1.09. The molecule has 1 aliphatic rings. The Bertz CT molecular complexity index is 62.0. The molecule has 1 aliphatic carbocycles. The molecule has 0 bridgehead atoms. The molecule has 0 nitrogen and oxygen atoms in total. The maximum absolute atomic E-state index is 2.12. The Balaban J connectivity index is 0.000000250. The van der Waals surface area contributed by atoms with E-state index in [4.69, 9.17) is 0 Å². The standard InChI is InChI=1S/C5H6.Os/c1-2-4-5-3-1;/h1-4H,5H2;. The van der Waals surface area contributed by atoms with E-state index in [1.807, 2.05) is 0 Å². The van der Waals surface area contributed by atoms with Crippen LogP contribution < -0.4 is 0 Å². The first-order valence-corrected chi connectivity index (χ1v) is 1.82. The number of hydrogen-bond donors (Lipinski definition) is 0. The third-order valence-electron chi connectivity index (χ3n) is 0.655. The summed E-state index contributed by atoms with van der Waals surface area (Å²) < 4.78 is 0. The zero-order valence-corrected chi connectivity index (χ0v) is 5.91. The molecule has 34 valence electrons. The van der Waals surface area contributed by atoms with E-state index in [1.165, 1.54) is 0 Å². The van der Waals surface area contributed by atoms with Crippen molar-refractivity contribution in [3.63, 3.8) is 0 Å². The molecular formula is C5H6Os. The van der Waals surface area contributed by atoms with Crippen LogP contribution in [0.4, 0.5) is 0 Å². The van der Waals surface area contributed by atoms with Gasteiger partial charge < -0.3 is 0 Å². The minimum absolute atomic E-state index is 0. The molecule has 0 unspecified atom stereocenters. The van der Waals surface area contributed by atoms with Crippen LogP contribution in [-0.4, -0.2) is 0 Å². The van der Waals surface area contributed by atoms with Crippen LogP contribution in [0, 0.1) is 0 Å². The molecular weight excluding hydrogens is 250 g/mol. The molecule has 0 atom stereocenters. The topological polar surface area (TPSA) is 0 Å². The SMILES string of the molecule is C1=CCC=C1.[Os]. The average Bonchev–Trinajstić information content (AvgIpc) is 1.76. The van der Waals surface area contributed by atoms with Gasteiger partial charge in [0.25, 0.3) is 0 Å². The molecule has 6 heavy (non-hydrogen) atoms. The summed E-state index contributed by atoms with van der Waals surface area (Å²) in [7, 11) is 0. The fraction of sp³-hybridized carbons (Fsp3) is 0.200. The van der Waals surface area contributed by atoms with Gasteiger partial charge >= 0.3 is 0 Å². The molecule has 0 aromatic heterocycles. The fourth-order valence-electron chi connectivity index (χ4n) is 0.393. The van der Waals surface area contributed by atoms with Crippen molar-refractivity contribution in [3.8, 4) is 0 Å². The molecule has 0 heterocycles. The normalized spacial score (nSPS) is 14.7. The van der Waals surface area contributed by atoms with Gasteiger partial charge in [0.15, 0.2) is 0 Å². The Labute approximate surface area is 51.0 Å². The molecule has 0 spiro atoms. The molecule has 0 radical (unpaired) electrons. The Morgan fingerprint density at radius 3 is 1.67 bits per heavy atom. The monoisotopic (exact) mass is 258 g/mol.